The molecule has 0 saturated carbocycles. The van der Waals surface area contributed by atoms with Crippen LogP contribution in [-0.2, 0) is 17.8 Å². The highest BCUT2D eigenvalue weighted by molar-refractivity contribution is 7.25. The van der Waals surface area contributed by atoms with Crippen LogP contribution in [0.15, 0.2) is 17.2 Å². The van der Waals surface area contributed by atoms with Gasteiger partial charge in [-0.25, -0.2) is 14.6 Å². The van der Waals surface area contributed by atoms with Crippen LogP contribution in [0.25, 0.3) is 20.4 Å². The summed E-state index contributed by atoms with van der Waals surface area (Å²) in [5, 5.41) is 0. The van der Waals surface area contributed by atoms with Crippen LogP contribution in [-0.4, -0.2) is 20.2 Å². The molecule has 0 amide bonds. The summed E-state index contributed by atoms with van der Waals surface area (Å²) in [5.74, 6) is 5.57. The molecule has 4 heterocycles. The molecular formula is C14H14N4O2S. The van der Waals surface area contributed by atoms with E-state index in [1.165, 1.54) is 23.2 Å². The number of aromatic nitrogens is 3. The zero-order valence-corrected chi connectivity index (χ0v) is 12.5. The molecular weight excluding hydrogens is 288 g/mol. The number of nitrogen functional groups attached to an aromatic ring is 1. The van der Waals surface area contributed by atoms with Gasteiger partial charge in [-0.3, -0.25) is 4.79 Å². The number of pyridine rings is 1. The third kappa shape index (κ3) is 1.85. The second-order valence-electron chi connectivity index (χ2n) is 5.90. The summed E-state index contributed by atoms with van der Waals surface area (Å²) >= 11 is 1.40. The van der Waals surface area contributed by atoms with Crippen molar-refractivity contribution in [3.8, 4) is 0 Å². The van der Waals surface area contributed by atoms with Gasteiger partial charge in [0.05, 0.1) is 22.6 Å². The highest BCUT2D eigenvalue weighted by Gasteiger charge is 2.28. The maximum absolute atomic E-state index is 12.1. The van der Waals surface area contributed by atoms with Crippen LogP contribution in [0, 0.1) is 0 Å². The van der Waals surface area contributed by atoms with Crippen molar-refractivity contribution in [3.05, 3.63) is 34.0 Å². The number of nitrogens with two attached hydrogens (primary N) is 1. The van der Waals surface area contributed by atoms with Crippen LogP contribution in [0.3, 0.4) is 0 Å². The normalized spacial score (nSPS) is 17.2. The molecule has 6 nitrogen and oxygen atoms in total. The maximum atomic E-state index is 12.1. The molecule has 21 heavy (non-hydrogen) atoms. The van der Waals surface area contributed by atoms with Crippen molar-refractivity contribution in [1.82, 2.24) is 14.6 Å². The quantitative estimate of drug-likeness (QED) is 0.637. The number of nitrogens with zero attached hydrogens (tertiary/aromatic N) is 3. The summed E-state index contributed by atoms with van der Waals surface area (Å²) in [6.45, 7) is 4.63. The number of rotatable bonds is 0. The van der Waals surface area contributed by atoms with Crippen LogP contribution in [0.1, 0.15) is 25.1 Å². The van der Waals surface area contributed by atoms with Crippen molar-refractivity contribution in [1.29, 1.82) is 0 Å². The Kier molecular flexibility index (Phi) is 2.44. The molecule has 0 unspecified atom stereocenters. The van der Waals surface area contributed by atoms with Crippen molar-refractivity contribution < 1.29 is 4.74 Å². The van der Waals surface area contributed by atoms with Gasteiger partial charge in [0.15, 0.2) is 0 Å². The number of hydrogen-bond acceptors (Lipinski definition) is 6. The topological polar surface area (TPSA) is 83.0 Å². The van der Waals surface area contributed by atoms with Crippen molar-refractivity contribution in [3.63, 3.8) is 0 Å². The lowest BCUT2D eigenvalue weighted by Crippen LogP contribution is -2.32. The van der Waals surface area contributed by atoms with E-state index in [0.29, 0.717) is 16.8 Å². The molecule has 0 atom stereocenters. The van der Waals surface area contributed by atoms with E-state index in [0.717, 1.165) is 27.0 Å². The number of fused-ring (bicyclic) bond motifs is 4. The average Bonchev–Trinajstić information content (AvgIpc) is 2.78. The SMILES string of the molecule is CC1(C)Cc2cc3sc4c(=O)n(N)cnc4c3nc2CO1. The number of hydrogen-bond donors (Lipinski definition) is 1. The van der Waals surface area contributed by atoms with Gasteiger partial charge in [0.2, 0.25) is 0 Å². The summed E-state index contributed by atoms with van der Waals surface area (Å²) in [7, 11) is 0. The molecule has 0 bridgehead atoms. The zero-order valence-electron chi connectivity index (χ0n) is 11.7. The van der Waals surface area contributed by atoms with E-state index in [2.05, 4.69) is 29.9 Å². The maximum Gasteiger partial charge on any atom is 0.289 e. The molecule has 0 fully saturated rings. The summed E-state index contributed by atoms with van der Waals surface area (Å²) in [6.07, 6.45) is 2.14. The highest BCUT2D eigenvalue weighted by atomic mass is 32.1. The molecule has 7 heteroatoms. The van der Waals surface area contributed by atoms with Gasteiger partial charge in [-0.15, -0.1) is 11.3 Å². The monoisotopic (exact) mass is 302 g/mol. The Morgan fingerprint density at radius 2 is 2.24 bits per heavy atom. The van der Waals surface area contributed by atoms with Crippen molar-refractivity contribution in [2.45, 2.75) is 32.5 Å². The van der Waals surface area contributed by atoms with Crippen molar-refractivity contribution >= 4 is 31.8 Å². The summed E-state index contributed by atoms with van der Waals surface area (Å²) in [4.78, 5) is 21.0. The largest absolute Gasteiger partial charge is 0.369 e. The van der Waals surface area contributed by atoms with Gasteiger partial charge in [0.1, 0.15) is 22.1 Å². The third-order valence-electron chi connectivity index (χ3n) is 3.76. The van der Waals surface area contributed by atoms with Crippen LogP contribution >= 0.6 is 11.3 Å². The minimum atomic E-state index is -0.238. The molecule has 4 rings (SSSR count). The lowest BCUT2D eigenvalue weighted by molar-refractivity contribution is -0.0418. The Morgan fingerprint density at radius 1 is 1.43 bits per heavy atom. The lowest BCUT2D eigenvalue weighted by Gasteiger charge is -2.31. The van der Waals surface area contributed by atoms with E-state index >= 15 is 0 Å². The molecule has 1 aliphatic heterocycles. The Labute approximate surface area is 124 Å². The van der Waals surface area contributed by atoms with Crippen LogP contribution in [0.2, 0.25) is 0 Å². The highest BCUT2D eigenvalue weighted by Crippen LogP contribution is 2.34. The first-order valence-electron chi connectivity index (χ1n) is 6.66. The molecule has 3 aromatic heterocycles. The van der Waals surface area contributed by atoms with E-state index in [1.807, 2.05) is 0 Å². The smallest absolute Gasteiger partial charge is 0.289 e. The summed E-state index contributed by atoms with van der Waals surface area (Å²) in [5.41, 5.74) is 3.07. The fourth-order valence-corrected chi connectivity index (χ4v) is 3.79. The molecule has 0 aromatic carbocycles. The first-order chi connectivity index (χ1) is 9.94. The van der Waals surface area contributed by atoms with Crippen molar-refractivity contribution in [2.24, 2.45) is 0 Å². The molecule has 0 radical (unpaired) electrons. The molecule has 1 aliphatic rings. The Balaban J connectivity index is 2.04. The molecule has 2 N–H and O–H groups in total. The van der Waals surface area contributed by atoms with Gasteiger partial charge in [-0.2, -0.15) is 0 Å². The second kappa shape index (κ2) is 4.02. The van der Waals surface area contributed by atoms with Crippen molar-refractivity contribution in [2.75, 3.05) is 5.84 Å². The van der Waals surface area contributed by atoms with E-state index < -0.39 is 0 Å². The zero-order chi connectivity index (χ0) is 14.8. The number of ether oxygens (including phenoxy) is 1. The molecule has 3 aromatic rings. The molecule has 108 valence electrons. The Hall–Kier alpha value is -1.99. The van der Waals surface area contributed by atoms with Gasteiger partial charge >= 0.3 is 0 Å². The number of thiophene rings is 1. The van der Waals surface area contributed by atoms with E-state index in [9.17, 15) is 4.79 Å². The van der Waals surface area contributed by atoms with E-state index in [-0.39, 0.29) is 11.2 Å². The first kappa shape index (κ1) is 12.7. The molecule has 0 saturated heterocycles. The Morgan fingerprint density at radius 3 is 3.05 bits per heavy atom. The molecule has 0 spiro atoms. The fraction of sp³-hybridized carbons (Fsp3) is 0.357. The van der Waals surface area contributed by atoms with E-state index in [1.54, 1.807) is 0 Å². The van der Waals surface area contributed by atoms with Gasteiger partial charge in [-0.05, 0) is 25.5 Å². The second-order valence-corrected chi connectivity index (χ2v) is 6.96. The van der Waals surface area contributed by atoms with Crippen LogP contribution in [0.4, 0.5) is 0 Å². The standard InChI is InChI=1S/C14H14N4O2S/c1-14(2)4-7-3-9-10(17-8(7)5-20-14)11-12(21-9)13(19)18(15)6-16-11/h3,6H,4-5,15H2,1-2H3. The predicted molar refractivity (Wildman–Crippen MR) is 81.9 cm³/mol. The Bertz CT molecular complexity index is 941. The van der Waals surface area contributed by atoms with Crippen LogP contribution < -0.4 is 11.4 Å². The van der Waals surface area contributed by atoms with E-state index in [4.69, 9.17) is 10.6 Å². The fourth-order valence-electron chi connectivity index (χ4n) is 2.69. The van der Waals surface area contributed by atoms with Gasteiger partial charge in [-0.1, -0.05) is 0 Å². The average molecular weight is 302 g/mol. The third-order valence-corrected chi connectivity index (χ3v) is 4.87. The molecule has 0 aliphatic carbocycles. The summed E-state index contributed by atoms with van der Waals surface area (Å²) in [6, 6.07) is 2.11. The van der Waals surface area contributed by atoms with Crippen LogP contribution in [0.5, 0.6) is 0 Å². The first-order valence-corrected chi connectivity index (χ1v) is 7.48. The summed E-state index contributed by atoms with van der Waals surface area (Å²) < 4.78 is 8.33. The van der Waals surface area contributed by atoms with Gasteiger partial charge < -0.3 is 10.6 Å². The minimum absolute atomic E-state index is 0.179. The lowest BCUT2D eigenvalue weighted by atomic mass is 9.94. The predicted octanol–water partition coefficient (Wildman–Crippen LogP) is 1.57. The van der Waals surface area contributed by atoms with Gasteiger partial charge in [0.25, 0.3) is 5.56 Å². The van der Waals surface area contributed by atoms with Gasteiger partial charge in [0, 0.05) is 6.42 Å². The minimum Gasteiger partial charge on any atom is -0.369 e.